The van der Waals surface area contributed by atoms with Crippen LogP contribution in [0.25, 0.3) is 10.9 Å². The van der Waals surface area contributed by atoms with E-state index in [-0.39, 0.29) is 24.4 Å². The van der Waals surface area contributed by atoms with Crippen molar-refractivity contribution >= 4 is 28.7 Å². The molecule has 33 heavy (non-hydrogen) atoms. The molecule has 7 heteroatoms. The lowest BCUT2D eigenvalue weighted by Gasteiger charge is -2.30. The summed E-state index contributed by atoms with van der Waals surface area (Å²) in [5.41, 5.74) is 2.76. The maximum atomic E-state index is 13.4. The van der Waals surface area contributed by atoms with Gasteiger partial charge in [0, 0.05) is 42.3 Å². The number of fused-ring (bicyclic) bond motifs is 1. The fraction of sp³-hybridized carbons (Fsp3) is 0.346. The average Bonchev–Trinajstić information content (AvgIpc) is 3.58. The smallest absolute Gasteiger partial charge is 0.325 e. The monoisotopic (exact) mass is 444 g/mol. The molecule has 1 aromatic heterocycles. The van der Waals surface area contributed by atoms with Gasteiger partial charge >= 0.3 is 6.03 Å². The molecule has 2 fully saturated rings. The van der Waals surface area contributed by atoms with Gasteiger partial charge in [0.1, 0.15) is 12.6 Å². The molecule has 170 valence electrons. The first-order valence-electron chi connectivity index (χ1n) is 11.4. The van der Waals surface area contributed by atoms with Gasteiger partial charge in [-0.3, -0.25) is 14.5 Å². The fourth-order valence-corrected chi connectivity index (χ4v) is 4.78. The van der Waals surface area contributed by atoms with Crippen molar-refractivity contribution in [3.05, 3.63) is 71.9 Å². The summed E-state index contributed by atoms with van der Waals surface area (Å²) >= 11 is 0. The van der Waals surface area contributed by atoms with Crippen molar-refractivity contribution in [2.75, 3.05) is 6.54 Å². The third kappa shape index (κ3) is 3.99. The summed E-state index contributed by atoms with van der Waals surface area (Å²) in [4.78, 5) is 42.3. The Balaban J connectivity index is 1.36. The minimum absolute atomic E-state index is 0.0623. The van der Waals surface area contributed by atoms with Crippen LogP contribution >= 0.6 is 0 Å². The Bertz CT molecular complexity index is 1210. The summed E-state index contributed by atoms with van der Waals surface area (Å²) in [6.45, 7) is 2.27. The Morgan fingerprint density at radius 2 is 1.79 bits per heavy atom. The van der Waals surface area contributed by atoms with Gasteiger partial charge in [0.25, 0.3) is 5.91 Å². The van der Waals surface area contributed by atoms with Gasteiger partial charge in [-0.1, -0.05) is 48.5 Å². The molecule has 5 rings (SSSR count). The number of hydrogen-bond donors (Lipinski definition) is 1. The quantitative estimate of drug-likeness (QED) is 0.566. The largest absolute Gasteiger partial charge is 0.350 e. The van der Waals surface area contributed by atoms with Crippen LogP contribution in [0.5, 0.6) is 0 Å². The highest BCUT2D eigenvalue weighted by Crippen LogP contribution is 2.36. The van der Waals surface area contributed by atoms with Gasteiger partial charge in [-0.2, -0.15) is 0 Å². The molecule has 1 saturated carbocycles. The van der Waals surface area contributed by atoms with E-state index in [0.717, 1.165) is 39.8 Å². The number of benzene rings is 2. The molecular formula is C26H28N4O3. The van der Waals surface area contributed by atoms with Crippen LogP contribution in [0, 0.1) is 5.92 Å². The first-order valence-corrected chi connectivity index (χ1v) is 11.4. The van der Waals surface area contributed by atoms with E-state index in [1.54, 1.807) is 0 Å². The van der Waals surface area contributed by atoms with E-state index in [0.29, 0.717) is 12.5 Å². The Hall–Kier alpha value is -3.61. The van der Waals surface area contributed by atoms with Crippen LogP contribution < -0.4 is 5.32 Å². The van der Waals surface area contributed by atoms with E-state index in [1.807, 2.05) is 77.3 Å². The first-order chi connectivity index (χ1) is 15.9. The number of para-hydroxylation sites is 1. The Labute approximate surface area is 193 Å². The number of imide groups is 1. The number of aryl methyl sites for hydroxylation is 1. The molecule has 1 aliphatic carbocycles. The zero-order valence-electron chi connectivity index (χ0n) is 18.9. The fourth-order valence-electron chi connectivity index (χ4n) is 4.78. The van der Waals surface area contributed by atoms with E-state index >= 15 is 0 Å². The Morgan fingerprint density at radius 3 is 2.52 bits per heavy atom. The van der Waals surface area contributed by atoms with Crippen molar-refractivity contribution in [2.45, 2.75) is 38.4 Å². The van der Waals surface area contributed by atoms with Crippen LogP contribution in [0.4, 0.5) is 4.79 Å². The van der Waals surface area contributed by atoms with Crippen molar-refractivity contribution in [2.24, 2.45) is 13.0 Å². The molecule has 1 N–H and O–H groups in total. The number of nitrogens with one attached hydrogen (secondary N) is 1. The summed E-state index contributed by atoms with van der Waals surface area (Å²) in [6, 6.07) is 16.3. The van der Waals surface area contributed by atoms with Crippen LogP contribution in [0.3, 0.4) is 0 Å². The van der Waals surface area contributed by atoms with Crippen molar-refractivity contribution in [3.8, 4) is 0 Å². The standard InChI is InChI=1S/C26H28N4O3/c1-17(19-12-13-19)29(14-18-8-4-3-5-9-18)23(31)16-30-25(32)24(27-26(30)33)21-15-28(2)22-11-7-6-10-20(21)22/h3-11,15,17,19,24H,12-14,16H2,1-2H3,(H,27,33). The zero-order valence-corrected chi connectivity index (χ0v) is 18.9. The lowest BCUT2D eigenvalue weighted by Crippen LogP contribution is -2.46. The van der Waals surface area contributed by atoms with E-state index in [4.69, 9.17) is 0 Å². The molecule has 2 atom stereocenters. The SMILES string of the molecule is CC(C1CC1)N(Cc1ccccc1)C(=O)CN1C(=O)NC(c2cn(C)c3ccccc23)C1=O. The van der Waals surface area contributed by atoms with Gasteiger partial charge in [0.05, 0.1) is 0 Å². The molecule has 2 aliphatic rings. The van der Waals surface area contributed by atoms with Gasteiger partial charge in [-0.05, 0) is 37.3 Å². The van der Waals surface area contributed by atoms with Crippen LogP contribution in [0.15, 0.2) is 60.8 Å². The highest BCUT2D eigenvalue weighted by atomic mass is 16.2. The number of carbonyl (C=O) groups excluding carboxylic acids is 3. The van der Waals surface area contributed by atoms with Gasteiger partial charge in [-0.15, -0.1) is 0 Å². The van der Waals surface area contributed by atoms with Crippen LogP contribution in [-0.2, 0) is 23.2 Å². The number of carbonyl (C=O) groups is 3. The normalized spacial score (nSPS) is 19.1. The molecule has 1 saturated heterocycles. The van der Waals surface area contributed by atoms with E-state index < -0.39 is 12.1 Å². The molecule has 3 aromatic rings. The summed E-state index contributed by atoms with van der Waals surface area (Å²) < 4.78 is 1.94. The number of nitrogens with zero attached hydrogens (tertiary/aromatic N) is 3. The van der Waals surface area contributed by atoms with Gasteiger partial charge in [0.15, 0.2) is 0 Å². The molecule has 1 aliphatic heterocycles. The number of amides is 4. The molecule has 2 heterocycles. The van der Waals surface area contributed by atoms with E-state index in [2.05, 4.69) is 12.2 Å². The van der Waals surface area contributed by atoms with Crippen molar-refractivity contribution in [1.29, 1.82) is 0 Å². The minimum Gasteiger partial charge on any atom is -0.350 e. The highest BCUT2D eigenvalue weighted by molar-refractivity contribution is 6.08. The molecular weight excluding hydrogens is 416 g/mol. The predicted octanol–water partition coefficient (Wildman–Crippen LogP) is 3.60. The first kappa shape index (κ1) is 21.2. The maximum Gasteiger partial charge on any atom is 0.325 e. The van der Waals surface area contributed by atoms with E-state index in [9.17, 15) is 14.4 Å². The predicted molar refractivity (Wildman–Crippen MR) is 125 cm³/mol. The Morgan fingerprint density at radius 1 is 1.09 bits per heavy atom. The third-order valence-corrected chi connectivity index (χ3v) is 6.87. The molecule has 2 unspecified atom stereocenters. The van der Waals surface area contributed by atoms with E-state index in [1.165, 1.54) is 0 Å². The third-order valence-electron chi connectivity index (χ3n) is 6.87. The summed E-state index contributed by atoms with van der Waals surface area (Å²) in [7, 11) is 1.91. The second-order valence-corrected chi connectivity index (χ2v) is 9.10. The number of hydrogen-bond acceptors (Lipinski definition) is 3. The Kier molecular flexibility index (Phi) is 5.40. The summed E-state index contributed by atoms with van der Waals surface area (Å²) in [5.74, 6) is -0.118. The second kappa shape index (κ2) is 8.39. The van der Waals surface area contributed by atoms with Gasteiger partial charge in [-0.25, -0.2) is 4.79 Å². The van der Waals surface area contributed by atoms with Crippen molar-refractivity contribution in [1.82, 2.24) is 19.7 Å². The van der Waals surface area contributed by atoms with Gasteiger partial charge in [0.2, 0.25) is 5.91 Å². The number of urea groups is 1. The van der Waals surface area contributed by atoms with Crippen LogP contribution in [-0.4, -0.2) is 44.8 Å². The van der Waals surface area contributed by atoms with Crippen molar-refractivity contribution in [3.63, 3.8) is 0 Å². The van der Waals surface area contributed by atoms with Gasteiger partial charge < -0.3 is 14.8 Å². The topological polar surface area (TPSA) is 74.7 Å². The summed E-state index contributed by atoms with van der Waals surface area (Å²) in [6.07, 6.45) is 4.08. The lowest BCUT2D eigenvalue weighted by atomic mass is 10.1. The highest BCUT2D eigenvalue weighted by Gasteiger charge is 2.43. The molecule has 0 radical (unpaired) electrons. The van der Waals surface area contributed by atoms with Crippen LogP contribution in [0.1, 0.15) is 36.9 Å². The molecule has 4 amide bonds. The average molecular weight is 445 g/mol. The molecule has 7 nitrogen and oxygen atoms in total. The molecule has 2 aromatic carbocycles. The zero-order chi connectivity index (χ0) is 23.1. The minimum atomic E-state index is -0.792. The maximum absolute atomic E-state index is 13.4. The molecule has 0 bridgehead atoms. The van der Waals surface area contributed by atoms with Crippen LogP contribution in [0.2, 0.25) is 0 Å². The second-order valence-electron chi connectivity index (χ2n) is 9.10. The summed E-state index contributed by atoms with van der Waals surface area (Å²) in [5, 5.41) is 3.70. The molecule has 0 spiro atoms. The number of aromatic nitrogens is 1. The van der Waals surface area contributed by atoms with Crippen molar-refractivity contribution < 1.29 is 14.4 Å². The number of rotatable bonds is 7. The lowest BCUT2D eigenvalue weighted by molar-refractivity contribution is -0.139.